The van der Waals surface area contributed by atoms with Gasteiger partial charge in [-0.3, -0.25) is 4.40 Å². The number of hydrogen-bond donors (Lipinski definition) is 2. The van der Waals surface area contributed by atoms with Crippen molar-refractivity contribution < 1.29 is 0 Å². The molecule has 0 atom stereocenters. The molecular formula is C10H14N6. The third kappa shape index (κ3) is 1.51. The van der Waals surface area contributed by atoms with Crippen molar-refractivity contribution in [1.29, 1.82) is 0 Å². The Bertz CT molecular complexity index is 501. The van der Waals surface area contributed by atoms with Gasteiger partial charge >= 0.3 is 0 Å². The van der Waals surface area contributed by atoms with Crippen LogP contribution < -0.4 is 11.1 Å². The molecule has 1 fully saturated rings. The fraction of sp³-hybridized carbons (Fsp3) is 0.500. The average molecular weight is 218 g/mol. The average Bonchev–Trinajstić information content (AvgIpc) is 2.72. The summed E-state index contributed by atoms with van der Waals surface area (Å²) in [6.07, 6.45) is 8.58. The molecule has 0 saturated heterocycles. The monoisotopic (exact) mass is 218 g/mol. The van der Waals surface area contributed by atoms with Crippen molar-refractivity contribution in [3.8, 4) is 0 Å². The molecule has 1 aliphatic carbocycles. The zero-order valence-corrected chi connectivity index (χ0v) is 8.93. The van der Waals surface area contributed by atoms with Gasteiger partial charge in [-0.05, 0) is 19.3 Å². The van der Waals surface area contributed by atoms with Crippen molar-refractivity contribution in [2.45, 2.75) is 24.8 Å². The molecule has 0 unspecified atom stereocenters. The van der Waals surface area contributed by atoms with Crippen LogP contribution in [0.3, 0.4) is 0 Å². The number of anilines is 1. The molecule has 84 valence electrons. The first-order valence-corrected chi connectivity index (χ1v) is 5.44. The Kier molecular flexibility index (Phi) is 2.03. The lowest BCUT2D eigenvalue weighted by Crippen LogP contribution is -2.52. The molecule has 6 nitrogen and oxygen atoms in total. The first-order chi connectivity index (χ1) is 7.77. The molecule has 0 spiro atoms. The third-order valence-electron chi connectivity index (χ3n) is 3.17. The van der Waals surface area contributed by atoms with Gasteiger partial charge in [-0.1, -0.05) is 0 Å². The van der Waals surface area contributed by atoms with Gasteiger partial charge in [-0.2, -0.15) is 0 Å². The van der Waals surface area contributed by atoms with Crippen molar-refractivity contribution in [3.05, 3.63) is 18.7 Å². The predicted molar refractivity (Wildman–Crippen MR) is 60.0 cm³/mol. The Hall–Kier alpha value is -1.69. The first kappa shape index (κ1) is 9.53. The lowest BCUT2D eigenvalue weighted by atomic mass is 9.78. The Morgan fingerprint density at radius 1 is 1.50 bits per heavy atom. The second-order valence-corrected chi connectivity index (χ2v) is 4.41. The van der Waals surface area contributed by atoms with Crippen molar-refractivity contribution >= 4 is 11.5 Å². The number of nitrogens with zero attached hydrogens (tertiary/aromatic N) is 4. The van der Waals surface area contributed by atoms with Gasteiger partial charge in [-0.15, -0.1) is 10.2 Å². The van der Waals surface area contributed by atoms with E-state index in [9.17, 15) is 0 Å². The van der Waals surface area contributed by atoms with Crippen LogP contribution in [0.5, 0.6) is 0 Å². The topological polar surface area (TPSA) is 81.1 Å². The van der Waals surface area contributed by atoms with E-state index in [0.29, 0.717) is 0 Å². The van der Waals surface area contributed by atoms with Crippen LogP contribution in [-0.4, -0.2) is 31.7 Å². The zero-order valence-electron chi connectivity index (χ0n) is 8.93. The van der Waals surface area contributed by atoms with Crippen LogP contribution in [-0.2, 0) is 0 Å². The maximum atomic E-state index is 6.14. The molecule has 2 heterocycles. The van der Waals surface area contributed by atoms with Crippen LogP contribution in [0, 0.1) is 0 Å². The van der Waals surface area contributed by atoms with Gasteiger partial charge in [0.1, 0.15) is 6.33 Å². The molecule has 2 aromatic rings. The normalized spacial score (nSPS) is 18.3. The van der Waals surface area contributed by atoms with Gasteiger partial charge in [0.2, 0.25) is 5.65 Å². The molecule has 0 aliphatic heterocycles. The van der Waals surface area contributed by atoms with Crippen molar-refractivity contribution in [2.24, 2.45) is 5.73 Å². The highest BCUT2D eigenvalue weighted by atomic mass is 15.2. The molecule has 0 radical (unpaired) electrons. The molecule has 3 rings (SSSR count). The van der Waals surface area contributed by atoms with E-state index in [-0.39, 0.29) is 5.54 Å². The second kappa shape index (κ2) is 3.41. The highest BCUT2D eigenvalue weighted by molar-refractivity contribution is 5.61. The minimum Gasteiger partial charge on any atom is -0.365 e. The summed E-state index contributed by atoms with van der Waals surface area (Å²) >= 11 is 0. The lowest BCUT2D eigenvalue weighted by Gasteiger charge is -2.38. The van der Waals surface area contributed by atoms with E-state index in [2.05, 4.69) is 20.5 Å². The Morgan fingerprint density at radius 3 is 3.12 bits per heavy atom. The first-order valence-electron chi connectivity index (χ1n) is 5.44. The Balaban J connectivity index is 1.81. The number of rotatable bonds is 3. The molecule has 0 amide bonds. The van der Waals surface area contributed by atoms with Gasteiger partial charge in [0, 0.05) is 24.5 Å². The maximum Gasteiger partial charge on any atom is 0.203 e. The van der Waals surface area contributed by atoms with Crippen LogP contribution in [0.4, 0.5) is 5.82 Å². The minimum absolute atomic E-state index is 0.0610. The number of fused-ring (bicyclic) bond motifs is 1. The molecule has 0 bridgehead atoms. The third-order valence-corrected chi connectivity index (χ3v) is 3.17. The van der Waals surface area contributed by atoms with Crippen LogP contribution in [0.25, 0.3) is 5.65 Å². The van der Waals surface area contributed by atoms with Crippen molar-refractivity contribution in [3.63, 3.8) is 0 Å². The Labute approximate surface area is 92.9 Å². The van der Waals surface area contributed by atoms with Crippen LogP contribution >= 0.6 is 0 Å². The van der Waals surface area contributed by atoms with Gasteiger partial charge in [0.05, 0.1) is 0 Å². The predicted octanol–water partition coefficient (Wildman–Crippen LogP) is 0.418. The summed E-state index contributed by atoms with van der Waals surface area (Å²) in [4.78, 5) is 4.25. The molecular weight excluding hydrogens is 204 g/mol. The highest BCUT2D eigenvalue weighted by Crippen LogP contribution is 2.29. The smallest absolute Gasteiger partial charge is 0.203 e. The number of hydrogen-bond acceptors (Lipinski definition) is 5. The van der Waals surface area contributed by atoms with E-state index >= 15 is 0 Å². The van der Waals surface area contributed by atoms with Crippen LogP contribution in [0.1, 0.15) is 19.3 Å². The van der Waals surface area contributed by atoms with Crippen molar-refractivity contribution in [1.82, 2.24) is 19.6 Å². The SMILES string of the molecule is NC1(CNc2nccn3cnnc23)CCC1. The molecule has 3 N–H and O–H groups in total. The highest BCUT2D eigenvalue weighted by Gasteiger charge is 2.32. The number of nitrogens with two attached hydrogens (primary N) is 1. The van der Waals surface area contributed by atoms with E-state index in [1.54, 1.807) is 12.5 Å². The van der Waals surface area contributed by atoms with E-state index in [4.69, 9.17) is 5.73 Å². The fourth-order valence-corrected chi connectivity index (χ4v) is 1.95. The summed E-state index contributed by atoms with van der Waals surface area (Å²) in [5, 5.41) is 11.1. The fourth-order valence-electron chi connectivity index (χ4n) is 1.95. The molecule has 6 heteroatoms. The summed E-state index contributed by atoms with van der Waals surface area (Å²) in [6.45, 7) is 0.743. The van der Waals surface area contributed by atoms with E-state index in [0.717, 1.165) is 30.9 Å². The summed E-state index contributed by atoms with van der Waals surface area (Å²) in [6, 6.07) is 0. The zero-order chi connectivity index (χ0) is 11.0. The summed E-state index contributed by atoms with van der Waals surface area (Å²) in [7, 11) is 0. The molecule has 1 saturated carbocycles. The van der Waals surface area contributed by atoms with Crippen LogP contribution in [0.2, 0.25) is 0 Å². The van der Waals surface area contributed by atoms with E-state index in [1.165, 1.54) is 6.42 Å². The van der Waals surface area contributed by atoms with Gasteiger partial charge in [-0.25, -0.2) is 4.98 Å². The Morgan fingerprint density at radius 2 is 2.38 bits per heavy atom. The van der Waals surface area contributed by atoms with Crippen LogP contribution in [0.15, 0.2) is 18.7 Å². The quantitative estimate of drug-likeness (QED) is 0.780. The summed E-state index contributed by atoms with van der Waals surface area (Å²) in [5.41, 5.74) is 6.82. The van der Waals surface area contributed by atoms with Gasteiger partial charge < -0.3 is 11.1 Å². The van der Waals surface area contributed by atoms with Gasteiger partial charge in [0.25, 0.3) is 0 Å². The second-order valence-electron chi connectivity index (χ2n) is 4.41. The summed E-state index contributed by atoms with van der Waals surface area (Å²) in [5.74, 6) is 0.747. The summed E-state index contributed by atoms with van der Waals surface area (Å²) < 4.78 is 1.83. The van der Waals surface area contributed by atoms with E-state index in [1.807, 2.05) is 10.6 Å². The lowest BCUT2D eigenvalue weighted by molar-refractivity contribution is 0.265. The standard InChI is InChI=1S/C10H14N6/c11-10(2-1-3-10)6-13-8-9-15-14-7-16(9)5-4-12-8/h4-5,7H,1-3,6,11H2,(H,12,13). The van der Waals surface area contributed by atoms with E-state index < -0.39 is 0 Å². The van der Waals surface area contributed by atoms with Gasteiger partial charge in [0.15, 0.2) is 5.82 Å². The maximum absolute atomic E-state index is 6.14. The molecule has 16 heavy (non-hydrogen) atoms. The number of nitrogens with one attached hydrogen (secondary N) is 1. The molecule has 0 aromatic carbocycles. The number of aromatic nitrogens is 4. The van der Waals surface area contributed by atoms with Crippen molar-refractivity contribution in [2.75, 3.05) is 11.9 Å². The minimum atomic E-state index is -0.0610. The molecule has 2 aromatic heterocycles. The molecule has 1 aliphatic rings. The largest absolute Gasteiger partial charge is 0.365 e.